The third-order valence-electron chi connectivity index (χ3n) is 6.48. The molecular formula is C22H27ClN4O5S. The quantitative estimate of drug-likeness (QED) is 0.546. The Morgan fingerprint density at radius 2 is 1.97 bits per heavy atom. The van der Waals surface area contributed by atoms with E-state index in [2.05, 4.69) is 10.3 Å². The van der Waals surface area contributed by atoms with Crippen molar-refractivity contribution in [3.05, 3.63) is 52.6 Å². The molecule has 2 aliphatic rings. The van der Waals surface area contributed by atoms with Crippen molar-refractivity contribution in [2.75, 3.05) is 19.7 Å². The van der Waals surface area contributed by atoms with Crippen molar-refractivity contribution in [2.45, 2.75) is 49.3 Å². The lowest BCUT2D eigenvalue weighted by Gasteiger charge is -2.32. The molecule has 11 heteroatoms. The number of aliphatic hydroxyl groups is 1. The summed E-state index contributed by atoms with van der Waals surface area (Å²) in [5, 5.41) is 11.9. The van der Waals surface area contributed by atoms with Crippen molar-refractivity contribution in [1.82, 2.24) is 19.8 Å². The largest absolute Gasteiger partial charge is 0.396 e. The van der Waals surface area contributed by atoms with Gasteiger partial charge in [0.1, 0.15) is 5.69 Å². The molecule has 1 atom stereocenters. The minimum Gasteiger partial charge on any atom is -0.396 e. The number of rotatable bonds is 9. The molecule has 1 aromatic heterocycles. The molecule has 0 unspecified atom stereocenters. The Bertz CT molecular complexity index is 1160. The van der Waals surface area contributed by atoms with E-state index in [0.717, 1.165) is 5.56 Å². The van der Waals surface area contributed by atoms with Gasteiger partial charge in [-0.25, -0.2) is 13.4 Å². The number of fused-ring (bicyclic) bond motifs is 1. The molecule has 4 rings (SSSR count). The van der Waals surface area contributed by atoms with Gasteiger partial charge >= 0.3 is 0 Å². The first kappa shape index (κ1) is 23.7. The SMILES string of the molecule is C[C@@H](CCO)S(=O)(=O)C1(CN2CCn3c(cnc3C(=O)NCc3ccc(Cl)cc3)C2=O)CC1. The summed E-state index contributed by atoms with van der Waals surface area (Å²) in [5.74, 6) is -0.574. The Kier molecular flexibility index (Phi) is 6.52. The van der Waals surface area contributed by atoms with E-state index in [4.69, 9.17) is 16.7 Å². The Morgan fingerprint density at radius 3 is 2.61 bits per heavy atom. The smallest absolute Gasteiger partial charge is 0.287 e. The maximum atomic E-state index is 13.1. The summed E-state index contributed by atoms with van der Waals surface area (Å²) in [6.45, 7) is 2.48. The molecular weight excluding hydrogens is 468 g/mol. The summed E-state index contributed by atoms with van der Waals surface area (Å²) in [6.07, 6.45) is 2.56. The number of hydrogen-bond acceptors (Lipinski definition) is 6. The van der Waals surface area contributed by atoms with Crippen molar-refractivity contribution in [1.29, 1.82) is 0 Å². The van der Waals surface area contributed by atoms with Gasteiger partial charge in [-0.1, -0.05) is 23.7 Å². The second-order valence-corrected chi connectivity index (χ2v) is 11.9. The monoisotopic (exact) mass is 494 g/mol. The van der Waals surface area contributed by atoms with Crippen molar-refractivity contribution in [3.8, 4) is 0 Å². The van der Waals surface area contributed by atoms with Crippen LogP contribution < -0.4 is 5.32 Å². The Hall–Kier alpha value is -2.43. The molecule has 0 saturated heterocycles. The molecule has 1 aromatic carbocycles. The zero-order valence-electron chi connectivity index (χ0n) is 18.3. The van der Waals surface area contributed by atoms with Crippen LogP contribution in [0.2, 0.25) is 5.02 Å². The second-order valence-electron chi connectivity index (χ2n) is 8.71. The van der Waals surface area contributed by atoms with E-state index in [0.29, 0.717) is 37.5 Å². The van der Waals surface area contributed by atoms with Crippen molar-refractivity contribution in [3.63, 3.8) is 0 Å². The van der Waals surface area contributed by atoms with Crippen LogP contribution in [0, 0.1) is 0 Å². The molecule has 1 fully saturated rings. The minimum absolute atomic E-state index is 0.118. The Morgan fingerprint density at radius 1 is 1.27 bits per heavy atom. The van der Waals surface area contributed by atoms with Gasteiger partial charge in [0, 0.05) is 37.8 Å². The van der Waals surface area contributed by atoms with Gasteiger partial charge in [-0.15, -0.1) is 0 Å². The number of carbonyl (C=O) groups excluding carboxylic acids is 2. The number of nitrogens with one attached hydrogen (secondary N) is 1. The molecule has 1 aliphatic carbocycles. The maximum absolute atomic E-state index is 13.1. The van der Waals surface area contributed by atoms with E-state index >= 15 is 0 Å². The van der Waals surface area contributed by atoms with Gasteiger partial charge in [0.05, 0.1) is 16.2 Å². The number of hydrogen-bond donors (Lipinski definition) is 2. The lowest BCUT2D eigenvalue weighted by atomic mass is 10.2. The predicted molar refractivity (Wildman–Crippen MR) is 123 cm³/mol. The molecule has 178 valence electrons. The minimum atomic E-state index is -3.48. The third kappa shape index (κ3) is 4.51. The number of imidazole rings is 1. The zero-order chi connectivity index (χ0) is 23.8. The van der Waals surface area contributed by atoms with Crippen molar-refractivity contribution >= 4 is 33.3 Å². The second kappa shape index (κ2) is 9.08. The molecule has 1 saturated carbocycles. The first-order valence-corrected chi connectivity index (χ1v) is 12.8. The molecule has 0 radical (unpaired) electrons. The summed E-state index contributed by atoms with van der Waals surface area (Å²) in [4.78, 5) is 31.4. The van der Waals surface area contributed by atoms with Crippen LogP contribution in [-0.4, -0.2) is 69.5 Å². The van der Waals surface area contributed by atoms with Crippen LogP contribution in [-0.2, 0) is 22.9 Å². The van der Waals surface area contributed by atoms with Gasteiger partial charge in [0.2, 0.25) is 0 Å². The molecule has 2 N–H and O–H groups in total. The molecule has 0 bridgehead atoms. The lowest BCUT2D eigenvalue weighted by molar-refractivity contribution is 0.0698. The standard InChI is InChI=1S/C22H27ClN4O5S/c1-15(6-11-28)33(31,32)22(7-8-22)14-26-9-10-27-18(21(26)30)13-24-19(27)20(29)25-12-16-2-4-17(23)5-3-16/h2-5,13,15,28H,6-12,14H2,1H3,(H,25,29)/t15-/m0/s1. The van der Waals surface area contributed by atoms with E-state index in [1.807, 2.05) is 12.1 Å². The number of benzene rings is 1. The summed E-state index contributed by atoms with van der Waals surface area (Å²) < 4.78 is 26.6. The van der Waals surface area contributed by atoms with E-state index in [1.165, 1.54) is 6.20 Å². The molecule has 33 heavy (non-hydrogen) atoms. The maximum Gasteiger partial charge on any atom is 0.287 e. The Labute approximate surface area is 197 Å². The van der Waals surface area contributed by atoms with Gasteiger partial charge in [-0.3, -0.25) is 9.59 Å². The van der Waals surface area contributed by atoms with Gasteiger partial charge in [0.25, 0.3) is 11.8 Å². The molecule has 9 nitrogen and oxygen atoms in total. The average molecular weight is 495 g/mol. The normalized spacial score (nSPS) is 18.0. The van der Waals surface area contributed by atoms with Gasteiger partial charge < -0.3 is 19.9 Å². The van der Waals surface area contributed by atoms with Crippen LogP contribution in [0.1, 0.15) is 52.9 Å². The number of carbonyl (C=O) groups is 2. The summed E-state index contributed by atoms with van der Waals surface area (Å²) in [7, 11) is -3.48. The molecule has 2 amide bonds. The summed E-state index contributed by atoms with van der Waals surface area (Å²) in [5.41, 5.74) is 1.15. The van der Waals surface area contributed by atoms with Crippen LogP contribution in [0.25, 0.3) is 0 Å². The van der Waals surface area contributed by atoms with Gasteiger partial charge in [0.15, 0.2) is 15.7 Å². The first-order chi connectivity index (χ1) is 15.7. The number of nitrogens with zero attached hydrogens (tertiary/aromatic N) is 3. The first-order valence-electron chi connectivity index (χ1n) is 10.9. The van der Waals surface area contributed by atoms with E-state index in [-0.39, 0.29) is 37.0 Å². The van der Waals surface area contributed by atoms with Crippen molar-refractivity contribution in [2.24, 2.45) is 0 Å². The van der Waals surface area contributed by atoms with Crippen LogP contribution in [0.3, 0.4) is 0 Å². The number of amides is 2. The topological polar surface area (TPSA) is 122 Å². The summed E-state index contributed by atoms with van der Waals surface area (Å²) >= 11 is 5.88. The fourth-order valence-electron chi connectivity index (χ4n) is 4.24. The number of sulfone groups is 1. The number of halogens is 1. The number of aromatic nitrogens is 2. The average Bonchev–Trinajstić information content (AvgIpc) is 3.46. The van der Waals surface area contributed by atoms with Crippen LogP contribution in [0.5, 0.6) is 0 Å². The molecule has 0 spiro atoms. The van der Waals surface area contributed by atoms with E-state index in [9.17, 15) is 18.0 Å². The molecule has 1 aliphatic heterocycles. The van der Waals surface area contributed by atoms with Crippen LogP contribution in [0.4, 0.5) is 0 Å². The van der Waals surface area contributed by atoms with Gasteiger partial charge in [-0.2, -0.15) is 0 Å². The number of aliphatic hydroxyl groups excluding tert-OH is 1. The fourth-order valence-corrected chi connectivity index (χ4v) is 6.64. The van der Waals surface area contributed by atoms with Gasteiger partial charge in [-0.05, 0) is 43.9 Å². The highest BCUT2D eigenvalue weighted by Gasteiger charge is 2.57. The molecule has 2 heterocycles. The fraction of sp³-hybridized carbons (Fsp3) is 0.500. The highest BCUT2D eigenvalue weighted by molar-refractivity contribution is 7.93. The third-order valence-corrected chi connectivity index (χ3v) is 9.77. The highest BCUT2D eigenvalue weighted by Crippen LogP contribution is 2.47. The molecule has 2 aromatic rings. The summed E-state index contributed by atoms with van der Waals surface area (Å²) in [6, 6.07) is 7.11. The lowest BCUT2D eigenvalue weighted by Crippen LogP contribution is -2.48. The van der Waals surface area contributed by atoms with E-state index < -0.39 is 25.7 Å². The zero-order valence-corrected chi connectivity index (χ0v) is 19.9. The van der Waals surface area contributed by atoms with Crippen molar-refractivity contribution < 1.29 is 23.1 Å². The predicted octanol–water partition coefficient (Wildman–Crippen LogP) is 1.64. The van der Waals surface area contributed by atoms with Crippen LogP contribution in [0.15, 0.2) is 30.5 Å². The Balaban J connectivity index is 1.44. The van der Waals surface area contributed by atoms with E-state index in [1.54, 1.807) is 28.5 Å². The van der Waals surface area contributed by atoms with Crippen LogP contribution >= 0.6 is 11.6 Å². The highest BCUT2D eigenvalue weighted by atomic mass is 35.5.